The van der Waals surface area contributed by atoms with Crippen molar-refractivity contribution in [3.05, 3.63) is 12.7 Å². The first kappa shape index (κ1) is 26.2. The Bertz CT molecular complexity index is 556. The van der Waals surface area contributed by atoms with Gasteiger partial charge in [-0.2, -0.15) is 0 Å². The molecule has 0 aliphatic heterocycles. The normalized spacial score (nSPS) is 21.1. The number of hydrogen-bond acceptors (Lipinski definition) is 6. The number of esters is 3. The van der Waals surface area contributed by atoms with Gasteiger partial charge in [-0.05, 0) is 38.0 Å². The van der Waals surface area contributed by atoms with Gasteiger partial charge in [-0.25, -0.2) is 9.59 Å². The fraction of sp³-hybridized carbons (Fsp3) is 0.792. The molecule has 30 heavy (non-hydrogen) atoms. The Morgan fingerprint density at radius 3 is 2.43 bits per heavy atom. The van der Waals surface area contributed by atoms with Gasteiger partial charge in [0.05, 0.1) is 19.1 Å². The van der Waals surface area contributed by atoms with E-state index < -0.39 is 23.5 Å². The van der Waals surface area contributed by atoms with E-state index in [1.165, 1.54) is 19.3 Å². The van der Waals surface area contributed by atoms with Crippen LogP contribution in [0.4, 0.5) is 0 Å². The van der Waals surface area contributed by atoms with Crippen LogP contribution in [0.1, 0.15) is 91.4 Å². The summed E-state index contributed by atoms with van der Waals surface area (Å²) in [6.45, 7) is 10.4. The molecular formula is C24H40O6. The fourth-order valence-corrected chi connectivity index (χ4v) is 3.68. The lowest BCUT2D eigenvalue weighted by molar-refractivity contribution is -0.188. The molecule has 0 aromatic heterocycles. The van der Waals surface area contributed by atoms with Gasteiger partial charge < -0.3 is 14.2 Å². The Hall–Kier alpha value is -1.85. The Labute approximate surface area is 181 Å². The second-order valence-electron chi connectivity index (χ2n) is 8.67. The van der Waals surface area contributed by atoms with Crippen LogP contribution >= 0.6 is 0 Å². The summed E-state index contributed by atoms with van der Waals surface area (Å²) in [4.78, 5) is 37.3. The van der Waals surface area contributed by atoms with E-state index in [1.54, 1.807) is 0 Å². The topological polar surface area (TPSA) is 78.9 Å². The highest BCUT2D eigenvalue weighted by molar-refractivity contribution is 5.88. The highest BCUT2D eigenvalue weighted by Crippen LogP contribution is 2.37. The summed E-state index contributed by atoms with van der Waals surface area (Å²) in [6, 6.07) is 0. The summed E-state index contributed by atoms with van der Waals surface area (Å²) in [5, 5.41) is 0. The van der Waals surface area contributed by atoms with Gasteiger partial charge >= 0.3 is 17.9 Å². The molecule has 6 heteroatoms. The van der Waals surface area contributed by atoms with E-state index in [9.17, 15) is 14.4 Å². The SMILES string of the molecule is C=CC(=O)OC1(C(=O)OCCCCCCCC)CCCC(C(=O)OCCC(C)C)C1. The predicted molar refractivity (Wildman–Crippen MR) is 116 cm³/mol. The first-order valence-corrected chi connectivity index (χ1v) is 11.5. The number of carbonyl (C=O) groups is 3. The molecule has 0 N–H and O–H groups in total. The minimum atomic E-state index is -1.44. The summed E-state index contributed by atoms with van der Waals surface area (Å²) in [7, 11) is 0. The lowest BCUT2D eigenvalue weighted by Crippen LogP contribution is -2.49. The van der Waals surface area contributed by atoms with Gasteiger partial charge in [0, 0.05) is 12.5 Å². The van der Waals surface area contributed by atoms with Gasteiger partial charge in [0.25, 0.3) is 0 Å². The van der Waals surface area contributed by atoms with Crippen LogP contribution in [0.15, 0.2) is 12.7 Å². The molecule has 2 atom stereocenters. The van der Waals surface area contributed by atoms with Crippen molar-refractivity contribution in [2.24, 2.45) is 11.8 Å². The summed E-state index contributed by atoms with van der Waals surface area (Å²) < 4.78 is 16.3. The summed E-state index contributed by atoms with van der Waals surface area (Å²) in [5.74, 6) is -1.62. The molecule has 0 saturated heterocycles. The minimum absolute atomic E-state index is 0.0996. The first-order chi connectivity index (χ1) is 14.3. The van der Waals surface area contributed by atoms with E-state index in [1.807, 2.05) is 0 Å². The van der Waals surface area contributed by atoms with Gasteiger partial charge in [0.15, 0.2) is 0 Å². The second-order valence-corrected chi connectivity index (χ2v) is 8.67. The lowest BCUT2D eigenvalue weighted by atomic mass is 9.77. The molecule has 172 valence electrons. The smallest absolute Gasteiger partial charge is 0.350 e. The third-order valence-electron chi connectivity index (χ3n) is 5.55. The zero-order chi connectivity index (χ0) is 22.4. The van der Waals surface area contributed by atoms with E-state index in [2.05, 4.69) is 27.4 Å². The van der Waals surface area contributed by atoms with Gasteiger partial charge in [0.1, 0.15) is 0 Å². The van der Waals surface area contributed by atoms with E-state index >= 15 is 0 Å². The number of ether oxygens (including phenoxy) is 3. The number of carbonyl (C=O) groups excluding carboxylic acids is 3. The number of hydrogen-bond donors (Lipinski definition) is 0. The molecular weight excluding hydrogens is 384 g/mol. The Morgan fingerprint density at radius 2 is 1.77 bits per heavy atom. The van der Waals surface area contributed by atoms with Gasteiger partial charge in [-0.15, -0.1) is 0 Å². The largest absolute Gasteiger partial charge is 0.465 e. The molecule has 1 saturated carbocycles. The molecule has 0 heterocycles. The highest BCUT2D eigenvalue weighted by Gasteiger charge is 2.49. The molecule has 1 aliphatic carbocycles. The number of rotatable bonds is 14. The van der Waals surface area contributed by atoms with Crippen LogP contribution in [0.5, 0.6) is 0 Å². The van der Waals surface area contributed by atoms with Crippen molar-refractivity contribution in [3.63, 3.8) is 0 Å². The van der Waals surface area contributed by atoms with E-state index in [-0.39, 0.29) is 12.4 Å². The van der Waals surface area contributed by atoms with Crippen molar-refractivity contribution in [1.82, 2.24) is 0 Å². The third-order valence-corrected chi connectivity index (χ3v) is 5.55. The Morgan fingerprint density at radius 1 is 1.07 bits per heavy atom. The molecule has 0 amide bonds. The van der Waals surface area contributed by atoms with Crippen molar-refractivity contribution in [3.8, 4) is 0 Å². The van der Waals surface area contributed by atoms with E-state index in [0.717, 1.165) is 31.8 Å². The zero-order valence-electron chi connectivity index (χ0n) is 19.1. The quantitative estimate of drug-likeness (QED) is 0.166. The lowest BCUT2D eigenvalue weighted by Gasteiger charge is -2.37. The monoisotopic (exact) mass is 424 g/mol. The van der Waals surface area contributed by atoms with Crippen LogP contribution in [0.25, 0.3) is 0 Å². The van der Waals surface area contributed by atoms with Gasteiger partial charge in [-0.1, -0.05) is 59.5 Å². The predicted octanol–water partition coefficient (Wildman–Crippen LogP) is 5.14. The molecule has 1 fully saturated rings. The van der Waals surface area contributed by atoms with Crippen molar-refractivity contribution >= 4 is 17.9 Å². The summed E-state index contributed by atoms with van der Waals surface area (Å²) in [5.41, 5.74) is -1.44. The maximum absolute atomic E-state index is 12.9. The zero-order valence-corrected chi connectivity index (χ0v) is 19.1. The molecule has 0 spiro atoms. The Balaban J connectivity index is 2.66. The van der Waals surface area contributed by atoms with E-state index in [4.69, 9.17) is 14.2 Å². The standard InChI is InChI=1S/C24H40O6/c1-5-7-8-9-10-11-16-29-23(27)24(30-21(25)6-2)15-12-13-20(18-24)22(26)28-17-14-19(3)4/h6,19-20H,2,5,7-18H2,1,3-4H3. The van der Waals surface area contributed by atoms with Crippen molar-refractivity contribution in [2.75, 3.05) is 13.2 Å². The van der Waals surface area contributed by atoms with Crippen LogP contribution in [-0.2, 0) is 28.6 Å². The fourth-order valence-electron chi connectivity index (χ4n) is 3.68. The molecule has 0 radical (unpaired) electrons. The molecule has 0 bridgehead atoms. The summed E-state index contributed by atoms with van der Waals surface area (Å²) >= 11 is 0. The van der Waals surface area contributed by atoms with Crippen LogP contribution in [0.2, 0.25) is 0 Å². The van der Waals surface area contributed by atoms with Crippen LogP contribution < -0.4 is 0 Å². The van der Waals surface area contributed by atoms with Gasteiger partial charge in [0.2, 0.25) is 5.60 Å². The average molecular weight is 425 g/mol. The second kappa shape index (κ2) is 14.2. The third kappa shape index (κ3) is 9.31. The number of unbranched alkanes of at least 4 members (excludes halogenated alkanes) is 5. The molecule has 1 aliphatic rings. The Kier molecular flexibility index (Phi) is 12.4. The van der Waals surface area contributed by atoms with Gasteiger partial charge in [-0.3, -0.25) is 4.79 Å². The maximum Gasteiger partial charge on any atom is 0.350 e. The average Bonchev–Trinajstić information content (AvgIpc) is 2.72. The highest BCUT2D eigenvalue weighted by atomic mass is 16.6. The van der Waals surface area contributed by atoms with Crippen LogP contribution in [0.3, 0.4) is 0 Å². The van der Waals surface area contributed by atoms with Crippen LogP contribution in [0, 0.1) is 11.8 Å². The maximum atomic E-state index is 12.9. The first-order valence-electron chi connectivity index (χ1n) is 11.5. The minimum Gasteiger partial charge on any atom is -0.465 e. The van der Waals surface area contributed by atoms with Crippen LogP contribution in [-0.4, -0.2) is 36.7 Å². The molecule has 2 unspecified atom stereocenters. The molecule has 1 rings (SSSR count). The molecule has 6 nitrogen and oxygen atoms in total. The molecule has 0 aromatic carbocycles. The van der Waals surface area contributed by atoms with Crippen molar-refractivity contribution in [2.45, 2.75) is 97.0 Å². The van der Waals surface area contributed by atoms with Crippen molar-refractivity contribution < 1.29 is 28.6 Å². The van der Waals surface area contributed by atoms with Crippen molar-refractivity contribution in [1.29, 1.82) is 0 Å². The summed E-state index contributed by atoms with van der Waals surface area (Å²) in [6.07, 6.45) is 9.95. The van der Waals surface area contributed by atoms with E-state index in [0.29, 0.717) is 38.4 Å². The molecule has 0 aromatic rings.